The lowest BCUT2D eigenvalue weighted by molar-refractivity contribution is 0.355. The maximum absolute atomic E-state index is 5.58. The van der Waals surface area contributed by atoms with Crippen molar-refractivity contribution in [3.63, 3.8) is 0 Å². The second-order valence-electron chi connectivity index (χ2n) is 7.22. The van der Waals surface area contributed by atoms with Crippen molar-refractivity contribution in [2.24, 2.45) is 0 Å². The van der Waals surface area contributed by atoms with Gasteiger partial charge in [0.1, 0.15) is 5.82 Å². The van der Waals surface area contributed by atoms with Gasteiger partial charge in [0.15, 0.2) is 28.6 Å². The van der Waals surface area contributed by atoms with Gasteiger partial charge in [-0.25, -0.2) is 9.97 Å². The molecule has 1 N–H and O–H groups in total. The van der Waals surface area contributed by atoms with Gasteiger partial charge in [0.05, 0.1) is 34.0 Å². The van der Waals surface area contributed by atoms with Crippen LogP contribution in [0.5, 0.6) is 23.0 Å². The third kappa shape index (κ3) is 3.18. The summed E-state index contributed by atoms with van der Waals surface area (Å²) in [6.07, 6.45) is 1.73. The van der Waals surface area contributed by atoms with Crippen molar-refractivity contribution in [3.05, 3.63) is 47.1 Å². The summed E-state index contributed by atoms with van der Waals surface area (Å²) < 4.78 is 23.1. The quantitative estimate of drug-likeness (QED) is 0.315. The number of nitrogens with one attached hydrogen (secondary N) is 1. The zero-order valence-electron chi connectivity index (χ0n) is 17.9. The number of aromatic nitrogens is 3. The summed E-state index contributed by atoms with van der Waals surface area (Å²) >= 11 is 3.47. The Bertz CT molecular complexity index is 1500. The van der Waals surface area contributed by atoms with Crippen molar-refractivity contribution in [1.82, 2.24) is 15.0 Å². The number of aromatic amines is 1. The third-order valence-corrected chi connectivity index (χ3v) is 5.95. The number of fused-ring (bicyclic) bond motifs is 4. The number of nitrogens with zero attached hydrogens (tertiary/aromatic N) is 2. The van der Waals surface area contributed by atoms with Gasteiger partial charge in [-0.2, -0.15) is 0 Å². The minimum absolute atomic E-state index is 0.637. The molecular weight excluding hydrogens is 474 g/mol. The number of H-pyrrole nitrogens is 1. The van der Waals surface area contributed by atoms with E-state index in [1.54, 1.807) is 34.6 Å². The fraction of sp³-hybridized carbons (Fsp3) is 0.167. The molecule has 0 aliphatic carbocycles. The van der Waals surface area contributed by atoms with Gasteiger partial charge in [-0.05, 0) is 73.9 Å². The van der Waals surface area contributed by atoms with Crippen LogP contribution in [0.2, 0.25) is 0 Å². The minimum Gasteiger partial charge on any atom is -0.493 e. The molecule has 2 aromatic heterocycles. The summed E-state index contributed by atoms with van der Waals surface area (Å²) in [6, 6.07) is 11.9. The van der Waals surface area contributed by atoms with Crippen LogP contribution in [0.15, 0.2) is 47.1 Å². The Hall–Kier alpha value is -3.52. The predicted molar refractivity (Wildman–Crippen MR) is 128 cm³/mol. The first-order valence-electron chi connectivity index (χ1n) is 9.82. The van der Waals surface area contributed by atoms with Gasteiger partial charge in [0.2, 0.25) is 0 Å². The lowest BCUT2D eigenvalue weighted by atomic mass is 9.95. The molecule has 0 aliphatic heterocycles. The number of imidazole rings is 1. The van der Waals surface area contributed by atoms with Gasteiger partial charge in [-0.15, -0.1) is 0 Å². The summed E-state index contributed by atoms with van der Waals surface area (Å²) in [7, 11) is 6.51. The summed E-state index contributed by atoms with van der Waals surface area (Å²) in [5.41, 5.74) is 2.40. The monoisotopic (exact) mass is 493 g/mol. The van der Waals surface area contributed by atoms with E-state index in [1.807, 2.05) is 30.3 Å². The van der Waals surface area contributed by atoms with Crippen LogP contribution in [0, 0.1) is 0 Å². The smallest absolute Gasteiger partial charge is 0.178 e. The van der Waals surface area contributed by atoms with Crippen molar-refractivity contribution in [2.45, 2.75) is 0 Å². The molecule has 0 spiro atoms. The Labute approximate surface area is 192 Å². The van der Waals surface area contributed by atoms with Crippen LogP contribution >= 0.6 is 15.9 Å². The van der Waals surface area contributed by atoms with E-state index in [4.69, 9.17) is 23.9 Å². The largest absolute Gasteiger partial charge is 0.493 e. The second-order valence-corrected chi connectivity index (χ2v) is 8.13. The Morgan fingerprint density at radius 3 is 1.97 bits per heavy atom. The molecule has 0 saturated carbocycles. The van der Waals surface area contributed by atoms with Crippen molar-refractivity contribution < 1.29 is 18.9 Å². The summed E-state index contributed by atoms with van der Waals surface area (Å²) in [6.45, 7) is 0. The average molecular weight is 494 g/mol. The third-order valence-electron chi connectivity index (χ3n) is 5.52. The van der Waals surface area contributed by atoms with E-state index in [0.717, 1.165) is 37.1 Å². The van der Waals surface area contributed by atoms with Gasteiger partial charge in [0, 0.05) is 16.2 Å². The molecule has 32 heavy (non-hydrogen) atoms. The van der Waals surface area contributed by atoms with E-state index >= 15 is 0 Å². The molecule has 0 unspecified atom stereocenters. The highest BCUT2D eigenvalue weighted by Gasteiger charge is 2.18. The summed E-state index contributed by atoms with van der Waals surface area (Å²) in [5, 5.41) is 3.91. The van der Waals surface area contributed by atoms with Crippen molar-refractivity contribution in [3.8, 4) is 34.4 Å². The molecule has 162 valence electrons. The van der Waals surface area contributed by atoms with Crippen molar-refractivity contribution in [1.29, 1.82) is 0 Å². The fourth-order valence-electron chi connectivity index (χ4n) is 4.00. The van der Waals surface area contributed by atoms with E-state index in [1.165, 1.54) is 0 Å². The van der Waals surface area contributed by atoms with Crippen molar-refractivity contribution in [2.75, 3.05) is 28.4 Å². The Balaban J connectivity index is 1.91. The van der Waals surface area contributed by atoms with Crippen LogP contribution in [0.3, 0.4) is 0 Å². The molecule has 0 radical (unpaired) electrons. The number of rotatable bonds is 5. The standard InChI is InChI=1S/C24H20BrN3O4/c1-29-19-6-12-5-17(23-27-18-7-13(25)11-26-24(18)28-23)16-10-22(32-4)21(31-3)9-15(16)14(12)8-20(19)30-2/h5-11H,1-4H3,(H,26,27,28). The van der Waals surface area contributed by atoms with Crippen LogP contribution < -0.4 is 18.9 Å². The molecule has 0 amide bonds. The molecule has 0 atom stereocenters. The summed E-state index contributed by atoms with van der Waals surface area (Å²) in [5.74, 6) is 3.30. The molecule has 0 aliphatic rings. The fourth-order valence-corrected chi connectivity index (χ4v) is 4.33. The molecular formula is C24H20BrN3O4. The van der Waals surface area contributed by atoms with E-state index in [-0.39, 0.29) is 0 Å². The van der Waals surface area contributed by atoms with Gasteiger partial charge in [-0.1, -0.05) is 0 Å². The van der Waals surface area contributed by atoms with E-state index < -0.39 is 0 Å². The van der Waals surface area contributed by atoms with Gasteiger partial charge >= 0.3 is 0 Å². The molecule has 5 rings (SSSR count). The Morgan fingerprint density at radius 2 is 1.31 bits per heavy atom. The zero-order chi connectivity index (χ0) is 22.4. The van der Waals surface area contributed by atoms with Crippen LogP contribution in [-0.4, -0.2) is 43.4 Å². The highest BCUT2D eigenvalue weighted by Crippen LogP contribution is 2.43. The number of ether oxygens (including phenoxy) is 4. The predicted octanol–water partition coefficient (Wildman–Crippen LogP) is 5.73. The van der Waals surface area contributed by atoms with Crippen LogP contribution in [0.1, 0.15) is 0 Å². The van der Waals surface area contributed by atoms with Gasteiger partial charge in [0.25, 0.3) is 0 Å². The first-order chi connectivity index (χ1) is 15.6. The molecule has 7 nitrogen and oxygen atoms in total. The van der Waals surface area contributed by atoms with Crippen LogP contribution in [0.4, 0.5) is 0 Å². The highest BCUT2D eigenvalue weighted by molar-refractivity contribution is 9.10. The first-order valence-corrected chi connectivity index (χ1v) is 10.6. The molecule has 3 aromatic carbocycles. The number of methoxy groups -OCH3 is 4. The SMILES string of the molecule is COc1cc2cc(-c3nc4ncc(Br)cc4[nH]3)c3cc(OC)c(OC)cc3c2cc1OC. The molecule has 8 heteroatoms. The second kappa shape index (κ2) is 7.87. The van der Waals surface area contributed by atoms with E-state index in [0.29, 0.717) is 34.5 Å². The topological polar surface area (TPSA) is 78.5 Å². The Morgan fingerprint density at radius 1 is 0.719 bits per heavy atom. The zero-order valence-corrected chi connectivity index (χ0v) is 19.5. The number of halogens is 1. The van der Waals surface area contributed by atoms with E-state index in [2.05, 4.69) is 32.0 Å². The van der Waals surface area contributed by atoms with E-state index in [9.17, 15) is 0 Å². The Kier molecular flexibility index (Phi) is 5.01. The van der Waals surface area contributed by atoms with Crippen LogP contribution in [0.25, 0.3) is 44.1 Å². The molecule has 5 aromatic rings. The maximum Gasteiger partial charge on any atom is 0.178 e. The maximum atomic E-state index is 5.58. The van der Waals surface area contributed by atoms with Gasteiger partial charge in [-0.3, -0.25) is 0 Å². The van der Waals surface area contributed by atoms with Crippen molar-refractivity contribution >= 4 is 48.6 Å². The lowest BCUT2D eigenvalue weighted by Gasteiger charge is -2.15. The normalized spacial score (nSPS) is 11.3. The number of hydrogen-bond donors (Lipinski definition) is 1. The van der Waals surface area contributed by atoms with Crippen LogP contribution in [-0.2, 0) is 0 Å². The number of benzene rings is 3. The number of hydrogen-bond acceptors (Lipinski definition) is 6. The summed E-state index contributed by atoms with van der Waals surface area (Å²) in [4.78, 5) is 12.5. The first kappa shape index (κ1) is 20.4. The van der Waals surface area contributed by atoms with Gasteiger partial charge < -0.3 is 23.9 Å². The lowest BCUT2D eigenvalue weighted by Crippen LogP contribution is -1.95. The number of pyridine rings is 1. The molecule has 0 bridgehead atoms. The molecule has 2 heterocycles. The average Bonchev–Trinajstić information content (AvgIpc) is 3.24. The minimum atomic E-state index is 0.637. The highest BCUT2D eigenvalue weighted by atomic mass is 79.9. The molecule has 0 saturated heterocycles. The molecule has 0 fully saturated rings.